The van der Waals surface area contributed by atoms with Gasteiger partial charge in [-0.15, -0.1) is 0 Å². The molecule has 41 heavy (non-hydrogen) atoms. The normalized spacial score (nSPS) is 30.5. The zero-order valence-corrected chi connectivity index (χ0v) is 24.1. The standard InChI is InChI=1S/C30H38N6O5/c1-30(2,3)41-29(40)33-22(27(38)35-19(13-31)10-18-11-24(18)35)15-34-14-20-12-25(34)28(39)36(20)23-8-6-16-9-17(26(37)32-4)5-7-21(16)23/h5,7,9,18-20,22-25H,6,8,10-12,14-15H2,1-4H3,(H,32,37)(H,33,40)/t18-,19+,20-,22+,23-,24+,25-/m1/s1. The number of hydrogen-bond acceptors (Lipinski definition) is 7. The molecule has 11 nitrogen and oxygen atoms in total. The smallest absolute Gasteiger partial charge is 0.408 e. The van der Waals surface area contributed by atoms with E-state index >= 15 is 0 Å². The number of amides is 4. The first-order valence-electron chi connectivity index (χ1n) is 14.6. The molecule has 2 bridgehead atoms. The lowest BCUT2D eigenvalue weighted by atomic mass is 10.0. The van der Waals surface area contributed by atoms with Gasteiger partial charge in [-0.2, -0.15) is 5.26 Å². The fourth-order valence-electron chi connectivity index (χ4n) is 7.41. The summed E-state index contributed by atoms with van der Waals surface area (Å²) < 4.78 is 5.46. The second-order valence-electron chi connectivity index (χ2n) is 13.0. The van der Waals surface area contributed by atoms with Crippen molar-refractivity contribution >= 4 is 23.8 Å². The molecule has 11 heteroatoms. The molecule has 4 amide bonds. The monoisotopic (exact) mass is 562 g/mol. The minimum absolute atomic E-state index is 0.00537. The highest BCUT2D eigenvalue weighted by atomic mass is 16.6. The summed E-state index contributed by atoms with van der Waals surface area (Å²) in [7, 11) is 1.61. The lowest BCUT2D eigenvalue weighted by molar-refractivity contribution is -0.141. The van der Waals surface area contributed by atoms with Crippen molar-refractivity contribution in [1.82, 2.24) is 25.3 Å². The Hall–Kier alpha value is -3.65. The highest BCUT2D eigenvalue weighted by Gasteiger charge is 2.57. The lowest BCUT2D eigenvalue weighted by Gasteiger charge is -2.39. The van der Waals surface area contributed by atoms with Gasteiger partial charge in [0.15, 0.2) is 0 Å². The van der Waals surface area contributed by atoms with Gasteiger partial charge in [0, 0.05) is 37.8 Å². The van der Waals surface area contributed by atoms with Crippen molar-refractivity contribution < 1.29 is 23.9 Å². The van der Waals surface area contributed by atoms with E-state index in [0.29, 0.717) is 30.9 Å². The van der Waals surface area contributed by atoms with Gasteiger partial charge in [-0.1, -0.05) is 6.07 Å². The summed E-state index contributed by atoms with van der Waals surface area (Å²) in [4.78, 5) is 58.1. The summed E-state index contributed by atoms with van der Waals surface area (Å²) in [6.45, 7) is 6.07. The van der Waals surface area contributed by atoms with E-state index in [9.17, 15) is 24.4 Å². The molecule has 0 unspecified atom stereocenters. The van der Waals surface area contributed by atoms with Crippen molar-refractivity contribution in [1.29, 1.82) is 5.26 Å². The Morgan fingerprint density at radius 2 is 1.95 bits per heavy atom. The molecular weight excluding hydrogens is 524 g/mol. The second-order valence-corrected chi connectivity index (χ2v) is 13.0. The fourth-order valence-corrected chi connectivity index (χ4v) is 7.41. The number of piperidine rings is 1. The Bertz CT molecular complexity index is 1330. The fraction of sp³-hybridized carbons (Fsp3) is 0.633. The highest BCUT2D eigenvalue weighted by Crippen LogP contribution is 2.48. The molecule has 0 spiro atoms. The zero-order valence-electron chi connectivity index (χ0n) is 24.1. The Morgan fingerprint density at radius 3 is 2.63 bits per heavy atom. The molecular formula is C30H38N6O5. The molecule has 1 aromatic rings. The maximum absolute atomic E-state index is 13.8. The van der Waals surface area contributed by atoms with E-state index < -0.39 is 23.8 Å². The van der Waals surface area contributed by atoms with E-state index in [4.69, 9.17) is 4.74 Å². The van der Waals surface area contributed by atoms with Gasteiger partial charge >= 0.3 is 6.09 Å². The van der Waals surface area contributed by atoms with Crippen molar-refractivity contribution in [3.05, 3.63) is 34.9 Å². The van der Waals surface area contributed by atoms with Gasteiger partial charge in [0.1, 0.15) is 17.7 Å². The van der Waals surface area contributed by atoms with Gasteiger partial charge in [0.25, 0.3) is 5.91 Å². The first-order valence-corrected chi connectivity index (χ1v) is 14.6. The van der Waals surface area contributed by atoms with Crippen LogP contribution in [0.15, 0.2) is 18.2 Å². The van der Waals surface area contributed by atoms with Gasteiger partial charge in [-0.25, -0.2) is 4.79 Å². The minimum Gasteiger partial charge on any atom is -0.444 e. The van der Waals surface area contributed by atoms with Crippen molar-refractivity contribution in [2.24, 2.45) is 5.92 Å². The third-order valence-electron chi connectivity index (χ3n) is 9.24. The zero-order chi connectivity index (χ0) is 29.2. The quantitative estimate of drug-likeness (QED) is 0.539. The Morgan fingerprint density at radius 1 is 1.17 bits per heavy atom. The molecule has 2 aliphatic carbocycles. The van der Waals surface area contributed by atoms with Crippen LogP contribution in [0.5, 0.6) is 0 Å². The number of piperazine rings is 1. The van der Waals surface area contributed by atoms with Crippen LogP contribution in [0.2, 0.25) is 0 Å². The number of hydrogen-bond donors (Lipinski definition) is 2. The molecule has 0 aromatic heterocycles. The summed E-state index contributed by atoms with van der Waals surface area (Å²) in [5, 5.41) is 15.1. The number of rotatable bonds is 6. The molecule has 3 saturated heterocycles. The van der Waals surface area contributed by atoms with Crippen LogP contribution in [0.3, 0.4) is 0 Å². The van der Waals surface area contributed by atoms with Crippen molar-refractivity contribution in [2.75, 3.05) is 20.1 Å². The second kappa shape index (κ2) is 10.0. The van der Waals surface area contributed by atoms with E-state index in [1.165, 1.54) is 0 Å². The van der Waals surface area contributed by atoms with Gasteiger partial charge in [-0.3, -0.25) is 19.3 Å². The first kappa shape index (κ1) is 27.5. The number of carbonyl (C=O) groups is 4. The third kappa shape index (κ3) is 4.92. The number of likely N-dealkylation sites (tertiary alicyclic amines) is 3. The van der Waals surface area contributed by atoms with Crippen LogP contribution in [0, 0.1) is 17.2 Å². The van der Waals surface area contributed by atoms with E-state index in [-0.39, 0.29) is 48.4 Å². The SMILES string of the molecule is CNC(=O)c1ccc2c(c1)CC[C@H]2N1C(=O)[C@H]2C[C@@H]1CN2C[C@H](NC(=O)OC(C)(C)C)C(=O)N1[C@H](C#N)C[C@@H]2C[C@@H]21. The molecule has 1 saturated carbocycles. The molecule has 0 radical (unpaired) electrons. The number of nitrogens with one attached hydrogen (secondary N) is 2. The van der Waals surface area contributed by atoms with Gasteiger partial charge in [-0.05, 0) is 82.1 Å². The number of nitriles is 1. The third-order valence-corrected chi connectivity index (χ3v) is 9.24. The van der Waals surface area contributed by atoms with Crippen LogP contribution in [-0.4, -0.2) is 94.5 Å². The van der Waals surface area contributed by atoms with Crippen LogP contribution in [0.4, 0.5) is 4.79 Å². The largest absolute Gasteiger partial charge is 0.444 e. The molecule has 1 aromatic carbocycles. The Balaban J connectivity index is 1.17. The number of benzene rings is 1. The Kier molecular flexibility index (Phi) is 6.72. The molecule has 3 aliphatic heterocycles. The van der Waals surface area contributed by atoms with E-state index in [1.54, 1.807) is 32.7 Å². The molecule has 3 heterocycles. The highest BCUT2D eigenvalue weighted by molar-refractivity contribution is 5.94. The van der Waals surface area contributed by atoms with Crippen LogP contribution < -0.4 is 10.6 Å². The van der Waals surface area contributed by atoms with E-state index in [1.807, 2.05) is 28.0 Å². The molecule has 7 atom stereocenters. The number of nitrogens with zero attached hydrogens (tertiary/aromatic N) is 4. The predicted molar refractivity (Wildman–Crippen MR) is 147 cm³/mol. The van der Waals surface area contributed by atoms with Crippen LogP contribution in [-0.2, 0) is 20.7 Å². The predicted octanol–water partition coefficient (Wildman–Crippen LogP) is 1.72. The number of aryl methyl sites for hydroxylation is 1. The van der Waals surface area contributed by atoms with Crippen LogP contribution in [0.25, 0.3) is 0 Å². The topological polar surface area (TPSA) is 135 Å². The van der Waals surface area contributed by atoms with Crippen molar-refractivity contribution in [2.45, 2.75) is 94.7 Å². The average Bonchev–Trinajstić information content (AvgIpc) is 3.24. The van der Waals surface area contributed by atoms with Gasteiger partial charge < -0.3 is 25.2 Å². The number of carbonyl (C=O) groups excluding carboxylic acids is 4. The summed E-state index contributed by atoms with van der Waals surface area (Å²) in [6, 6.07) is 6.21. The summed E-state index contributed by atoms with van der Waals surface area (Å²) in [6.07, 6.45) is 3.16. The van der Waals surface area contributed by atoms with Gasteiger partial charge in [0.2, 0.25) is 11.8 Å². The molecule has 218 valence electrons. The van der Waals surface area contributed by atoms with Crippen molar-refractivity contribution in [3.8, 4) is 6.07 Å². The molecule has 5 aliphatic rings. The summed E-state index contributed by atoms with van der Waals surface area (Å²) in [5.74, 6) is -0.0163. The van der Waals surface area contributed by atoms with E-state index in [2.05, 4.69) is 16.7 Å². The molecule has 4 fully saturated rings. The lowest BCUT2D eigenvalue weighted by Crippen LogP contribution is -2.59. The summed E-state index contributed by atoms with van der Waals surface area (Å²) >= 11 is 0. The van der Waals surface area contributed by atoms with Crippen LogP contribution >= 0.6 is 0 Å². The first-order chi connectivity index (χ1) is 19.5. The van der Waals surface area contributed by atoms with E-state index in [0.717, 1.165) is 30.4 Å². The van der Waals surface area contributed by atoms with Crippen LogP contribution in [0.1, 0.15) is 74.0 Å². The molecule has 2 N–H and O–H groups in total. The maximum atomic E-state index is 13.8. The number of fused-ring (bicyclic) bond motifs is 4. The van der Waals surface area contributed by atoms with Gasteiger partial charge in [0.05, 0.1) is 18.2 Å². The Labute approximate surface area is 240 Å². The minimum atomic E-state index is -0.920. The van der Waals surface area contributed by atoms with Crippen molar-refractivity contribution in [3.63, 3.8) is 0 Å². The number of alkyl carbamates (subject to hydrolysis) is 1. The summed E-state index contributed by atoms with van der Waals surface area (Å²) in [5.41, 5.74) is 2.09. The number of ether oxygens (including phenoxy) is 1. The average molecular weight is 563 g/mol. The molecule has 6 rings (SSSR count). The maximum Gasteiger partial charge on any atom is 0.408 e.